The van der Waals surface area contributed by atoms with Gasteiger partial charge in [0.2, 0.25) is 15.9 Å². The predicted octanol–water partition coefficient (Wildman–Crippen LogP) is 0.788. The molecule has 118 valence electrons. The van der Waals surface area contributed by atoms with E-state index in [1.165, 1.54) is 17.1 Å². The van der Waals surface area contributed by atoms with E-state index >= 15 is 0 Å². The summed E-state index contributed by atoms with van der Waals surface area (Å²) < 4.78 is 35.5. The standard InChI is InChI=1S/C13H21N3O4S/c1-2-21(17,18)16-7-11(8-16)13-14-12(15-20-13)5-6-19-9-10-3-4-10/h10-11H,2-9H2,1H3. The highest BCUT2D eigenvalue weighted by Crippen LogP contribution is 2.29. The third-order valence-electron chi connectivity index (χ3n) is 3.96. The van der Waals surface area contributed by atoms with E-state index < -0.39 is 10.0 Å². The van der Waals surface area contributed by atoms with Crippen LogP contribution in [0.1, 0.15) is 37.4 Å². The molecule has 1 aliphatic heterocycles. The highest BCUT2D eigenvalue weighted by atomic mass is 32.2. The molecule has 2 aliphatic rings. The van der Waals surface area contributed by atoms with Gasteiger partial charge in [0.05, 0.1) is 18.3 Å². The van der Waals surface area contributed by atoms with Crippen molar-refractivity contribution in [1.82, 2.24) is 14.4 Å². The normalized spacial score (nSPS) is 20.6. The fraction of sp³-hybridized carbons (Fsp3) is 0.846. The minimum Gasteiger partial charge on any atom is -0.381 e. The lowest BCUT2D eigenvalue weighted by Crippen LogP contribution is -2.49. The molecule has 0 spiro atoms. The van der Waals surface area contributed by atoms with Crippen LogP contribution >= 0.6 is 0 Å². The molecular formula is C13H21N3O4S. The molecule has 0 unspecified atom stereocenters. The van der Waals surface area contributed by atoms with Gasteiger partial charge in [-0.1, -0.05) is 5.16 Å². The molecule has 0 aromatic carbocycles. The monoisotopic (exact) mass is 315 g/mol. The zero-order valence-corrected chi connectivity index (χ0v) is 13.0. The zero-order valence-electron chi connectivity index (χ0n) is 12.2. The lowest BCUT2D eigenvalue weighted by Gasteiger charge is -2.35. The van der Waals surface area contributed by atoms with Crippen LogP contribution in [0.5, 0.6) is 0 Å². The molecule has 2 heterocycles. The summed E-state index contributed by atoms with van der Waals surface area (Å²) in [6.45, 7) is 3.97. The maximum absolute atomic E-state index is 11.6. The number of sulfonamides is 1. The summed E-state index contributed by atoms with van der Waals surface area (Å²) in [5.41, 5.74) is 0. The zero-order chi connectivity index (χ0) is 14.9. The van der Waals surface area contributed by atoms with Gasteiger partial charge in [0.25, 0.3) is 0 Å². The summed E-state index contributed by atoms with van der Waals surface area (Å²) in [6.07, 6.45) is 3.20. The molecule has 8 heteroatoms. The second-order valence-electron chi connectivity index (χ2n) is 5.73. The van der Waals surface area contributed by atoms with E-state index in [0.29, 0.717) is 37.8 Å². The summed E-state index contributed by atoms with van der Waals surface area (Å²) >= 11 is 0. The van der Waals surface area contributed by atoms with Crippen molar-refractivity contribution in [1.29, 1.82) is 0 Å². The van der Waals surface area contributed by atoms with E-state index in [0.717, 1.165) is 12.5 Å². The molecule has 1 aromatic heterocycles. The van der Waals surface area contributed by atoms with Gasteiger partial charge in [-0.15, -0.1) is 0 Å². The number of rotatable bonds is 8. The number of nitrogens with zero attached hydrogens (tertiary/aromatic N) is 3. The number of hydrogen-bond donors (Lipinski definition) is 0. The van der Waals surface area contributed by atoms with Gasteiger partial charge in [0.15, 0.2) is 5.82 Å². The number of aromatic nitrogens is 2. The van der Waals surface area contributed by atoms with Gasteiger partial charge in [0, 0.05) is 26.1 Å². The van der Waals surface area contributed by atoms with Gasteiger partial charge in [-0.3, -0.25) is 0 Å². The summed E-state index contributed by atoms with van der Waals surface area (Å²) in [5, 5.41) is 3.92. The molecule has 3 rings (SSSR count). The second kappa shape index (κ2) is 6.02. The van der Waals surface area contributed by atoms with Gasteiger partial charge in [-0.2, -0.15) is 4.98 Å². The molecule has 1 aliphatic carbocycles. The fourth-order valence-corrected chi connectivity index (χ4v) is 3.42. The van der Waals surface area contributed by atoms with Crippen molar-refractivity contribution in [2.45, 2.75) is 32.1 Å². The molecule has 0 amide bonds. The number of hydrogen-bond acceptors (Lipinski definition) is 6. The van der Waals surface area contributed by atoms with Crippen LogP contribution in [-0.4, -0.2) is 54.9 Å². The van der Waals surface area contributed by atoms with E-state index in [1.54, 1.807) is 6.92 Å². The van der Waals surface area contributed by atoms with Crippen molar-refractivity contribution in [2.75, 3.05) is 32.1 Å². The van der Waals surface area contributed by atoms with E-state index in [9.17, 15) is 8.42 Å². The largest absolute Gasteiger partial charge is 0.381 e. The predicted molar refractivity (Wildman–Crippen MR) is 75.3 cm³/mol. The Kier molecular flexibility index (Phi) is 4.28. The molecule has 2 fully saturated rings. The Labute approximate surface area is 124 Å². The Balaban J connectivity index is 1.43. The van der Waals surface area contributed by atoms with Gasteiger partial charge in [0.1, 0.15) is 0 Å². The molecule has 21 heavy (non-hydrogen) atoms. The van der Waals surface area contributed by atoms with Crippen LogP contribution in [0.3, 0.4) is 0 Å². The van der Waals surface area contributed by atoms with Crippen molar-refractivity contribution < 1.29 is 17.7 Å². The molecule has 1 aromatic rings. The Morgan fingerprint density at radius 3 is 2.81 bits per heavy atom. The molecular weight excluding hydrogens is 294 g/mol. The molecule has 0 N–H and O–H groups in total. The topological polar surface area (TPSA) is 85.5 Å². The van der Waals surface area contributed by atoms with Gasteiger partial charge in [-0.25, -0.2) is 12.7 Å². The van der Waals surface area contributed by atoms with Crippen LogP contribution in [0.4, 0.5) is 0 Å². The maximum Gasteiger partial charge on any atom is 0.232 e. The molecule has 0 atom stereocenters. The summed E-state index contributed by atoms with van der Waals surface area (Å²) in [7, 11) is -3.09. The van der Waals surface area contributed by atoms with Gasteiger partial charge >= 0.3 is 0 Å². The summed E-state index contributed by atoms with van der Waals surface area (Å²) in [5.74, 6) is 2.09. The first-order valence-corrected chi connectivity index (χ1v) is 9.07. The van der Waals surface area contributed by atoms with Crippen molar-refractivity contribution in [3.8, 4) is 0 Å². The first-order chi connectivity index (χ1) is 10.1. The van der Waals surface area contributed by atoms with Crippen molar-refractivity contribution >= 4 is 10.0 Å². The average Bonchev–Trinajstić information content (AvgIpc) is 3.12. The molecule has 0 bridgehead atoms. The minimum atomic E-state index is -3.09. The second-order valence-corrected chi connectivity index (χ2v) is 7.99. The van der Waals surface area contributed by atoms with Crippen LogP contribution in [0, 0.1) is 5.92 Å². The fourth-order valence-electron chi connectivity index (χ4n) is 2.24. The third-order valence-corrected chi connectivity index (χ3v) is 5.77. The van der Waals surface area contributed by atoms with Crippen molar-refractivity contribution in [3.63, 3.8) is 0 Å². The van der Waals surface area contributed by atoms with E-state index in [-0.39, 0.29) is 11.7 Å². The molecule has 1 saturated carbocycles. The number of ether oxygens (including phenoxy) is 1. The molecule has 0 radical (unpaired) electrons. The highest BCUT2D eigenvalue weighted by Gasteiger charge is 2.38. The minimum absolute atomic E-state index is 0.0277. The van der Waals surface area contributed by atoms with Crippen LogP contribution in [0.25, 0.3) is 0 Å². The van der Waals surface area contributed by atoms with Crippen molar-refractivity contribution in [3.05, 3.63) is 11.7 Å². The van der Waals surface area contributed by atoms with Crippen LogP contribution in [0.2, 0.25) is 0 Å². The van der Waals surface area contributed by atoms with Crippen LogP contribution < -0.4 is 0 Å². The highest BCUT2D eigenvalue weighted by molar-refractivity contribution is 7.89. The first kappa shape index (κ1) is 14.9. The van der Waals surface area contributed by atoms with Gasteiger partial charge < -0.3 is 9.26 Å². The lowest BCUT2D eigenvalue weighted by atomic mass is 10.0. The lowest BCUT2D eigenvalue weighted by molar-refractivity contribution is 0.125. The Hall–Kier alpha value is -0.990. The van der Waals surface area contributed by atoms with Crippen LogP contribution in [0.15, 0.2) is 4.52 Å². The average molecular weight is 315 g/mol. The molecule has 1 saturated heterocycles. The Bertz CT molecular complexity index is 576. The molecule has 7 nitrogen and oxygen atoms in total. The summed E-state index contributed by atoms with van der Waals surface area (Å²) in [6, 6.07) is 0. The quantitative estimate of drug-likeness (QED) is 0.659. The van der Waals surface area contributed by atoms with Crippen molar-refractivity contribution in [2.24, 2.45) is 5.92 Å². The summed E-state index contributed by atoms with van der Waals surface area (Å²) in [4.78, 5) is 4.33. The van der Waals surface area contributed by atoms with Gasteiger partial charge in [-0.05, 0) is 25.7 Å². The van der Waals surface area contributed by atoms with E-state index in [2.05, 4.69) is 10.1 Å². The third kappa shape index (κ3) is 3.61. The van der Waals surface area contributed by atoms with E-state index in [1.807, 2.05) is 0 Å². The maximum atomic E-state index is 11.6. The Morgan fingerprint density at radius 2 is 2.14 bits per heavy atom. The smallest absolute Gasteiger partial charge is 0.232 e. The Morgan fingerprint density at radius 1 is 1.38 bits per heavy atom. The SMILES string of the molecule is CCS(=O)(=O)N1CC(c2nc(CCOCC3CC3)no2)C1. The first-order valence-electron chi connectivity index (χ1n) is 7.46. The van der Waals surface area contributed by atoms with Crippen LogP contribution in [-0.2, 0) is 21.2 Å². The van der Waals surface area contributed by atoms with E-state index in [4.69, 9.17) is 9.26 Å².